The molecule has 0 aromatic heterocycles. The van der Waals surface area contributed by atoms with Crippen LogP contribution in [-0.2, 0) is 0 Å². The van der Waals surface area contributed by atoms with Gasteiger partial charge >= 0.3 is 0 Å². The Morgan fingerprint density at radius 2 is 1.69 bits per heavy atom. The van der Waals surface area contributed by atoms with E-state index in [1.54, 1.807) is 55.6 Å². The van der Waals surface area contributed by atoms with E-state index in [-0.39, 0.29) is 12.5 Å². The van der Waals surface area contributed by atoms with E-state index in [9.17, 15) is 9.90 Å². The maximum absolute atomic E-state index is 12.2. The highest BCUT2D eigenvalue weighted by molar-refractivity contribution is 6.04. The third-order valence-electron chi connectivity index (χ3n) is 3.79. The van der Waals surface area contributed by atoms with Crippen LogP contribution in [0.2, 0.25) is 0 Å². The molecule has 0 bridgehead atoms. The summed E-state index contributed by atoms with van der Waals surface area (Å²) in [5, 5.41) is 14.8. The third-order valence-corrected chi connectivity index (χ3v) is 3.79. The number of carbonyl (C=O) groups excluding carboxylic acids is 1. The van der Waals surface area contributed by atoms with Crippen LogP contribution in [0, 0.1) is 0 Å². The first-order chi connectivity index (χ1) is 12.5. The Hall–Kier alpha value is -2.57. The largest absolute Gasteiger partial charge is 0.497 e. The molecule has 6 heteroatoms. The second kappa shape index (κ2) is 9.79. The number of hydrogen-bond acceptors (Lipinski definition) is 4. The average Bonchev–Trinajstić information content (AvgIpc) is 2.65. The molecule has 0 aliphatic carbocycles. The maximum atomic E-state index is 12.2. The number of rotatable bonds is 9. The van der Waals surface area contributed by atoms with Crippen molar-refractivity contribution in [3.63, 3.8) is 0 Å². The molecule has 0 unspecified atom stereocenters. The fraction of sp³-hybridized carbons (Fsp3) is 0.350. The van der Waals surface area contributed by atoms with Gasteiger partial charge in [0.25, 0.3) is 5.91 Å². The molecule has 4 N–H and O–H groups in total. The zero-order valence-corrected chi connectivity index (χ0v) is 15.4. The summed E-state index contributed by atoms with van der Waals surface area (Å²) in [6.07, 6.45) is -0.521. The molecule has 0 spiro atoms. The first kappa shape index (κ1) is 19.8. The van der Waals surface area contributed by atoms with Crippen molar-refractivity contribution in [3.8, 4) is 11.5 Å². The van der Waals surface area contributed by atoms with Gasteiger partial charge in [0.2, 0.25) is 0 Å². The smallest absolute Gasteiger partial charge is 0.255 e. The molecular formula is C20H27N2O4+. The number of methoxy groups -OCH3 is 1. The number of aliphatic hydroxyl groups is 1. The van der Waals surface area contributed by atoms with Crippen LogP contribution >= 0.6 is 0 Å². The molecule has 0 saturated heterocycles. The van der Waals surface area contributed by atoms with E-state index in [2.05, 4.69) is 24.5 Å². The standard InChI is InChI=1S/C20H26N2O4/c1-14(2)21-12-17(23)13-26-19-10-6-16(7-11-19)22-20(24)15-4-8-18(25-3)9-5-15/h4-11,14,17,21,23H,12-13H2,1-3H3,(H,22,24)/p+1/t17-/m0/s1. The molecule has 2 aromatic rings. The number of benzene rings is 2. The van der Waals surface area contributed by atoms with Crippen molar-refractivity contribution in [2.45, 2.75) is 26.0 Å². The first-order valence-corrected chi connectivity index (χ1v) is 8.67. The van der Waals surface area contributed by atoms with Gasteiger partial charge < -0.3 is 25.2 Å². The van der Waals surface area contributed by atoms with Crippen molar-refractivity contribution >= 4 is 11.6 Å². The highest BCUT2D eigenvalue weighted by Gasteiger charge is 2.09. The molecule has 0 aliphatic heterocycles. The summed E-state index contributed by atoms with van der Waals surface area (Å²) in [5.74, 6) is 1.16. The summed E-state index contributed by atoms with van der Waals surface area (Å²) >= 11 is 0. The number of hydrogen-bond donors (Lipinski definition) is 3. The van der Waals surface area contributed by atoms with Gasteiger partial charge in [-0.15, -0.1) is 0 Å². The quantitative estimate of drug-likeness (QED) is 0.636. The minimum Gasteiger partial charge on any atom is -0.497 e. The zero-order valence-electron chi connectivity index (χ0n) is 15.4. The Morgan fingerprint density at radius 1 is 1.08 bits per heavy atom. The van der Waals surface area contributed by atoms with Gasteiger partial charge in [-0.1, -0.05) is 0 Å². The topological polar surface area (TPSA) is 84.4 Å². The minimum absolute atomic E-state index is 0.194. The summed E-state index contributed by atoms with van der Waals surface area (Å²) in [6.45, 7) is 4.99. The van der Waals surface area contributed by atoms with E-state index in [0.717, 1.165) is 0 Å². The molecule has 0 fully saturated rings. The summed E-state index contributed by atoms with van der Waals surface area (Å²) in [7, 11) is 1.58. The molecule has 0 radical (unpaired) electrons. The highest BCUT2D eigenvalue weighted by Crippen LogP contribution is 2.17. The number of quaternary nitrogens is 1. The summed E-state index contributed by atoms with van der Waals surface area (Å²) in [4.78, 5) is 12.2. The van der Waals surface area contributed by atoms with Crippen molar-refractivity contribution < 1.29 is 24.7 Å². The lowest BCUT2D eigenvalue weighted by molar-refractivity contribution is -0.688. The van der Waals surface area contributed by atoms with Gasteiger partial charge in [0.05, 0.1) is 13.2 Å². The lowest BCUT2D eigenvalue weighted by atomic mass is 10.2. The van der Waals surface area contributed by atoms with Crippen molar-refractivity contribution in [1.82, 2.24) is 0 Å². The van der Waals surface area contributed by atoms with Crippen molar-refractivity contribution in [3.05, 3.63) is 54.1 Å². The molecule has 2 aromatic carbocycles. The molecule has 6 nitrogen and oxygen atoms in total. The van der Waals surface area contributed by atoms with Gasteiger partial charge in [-0.2, -0.15) is 0 Å². The maximum Gasteiger partial charge on any atom is 0.255 e. The van der Waals surface area contributed by atoms with Crippen molar-refractivity contribution in [1.29, 1.82) is 0 Å². The number of anilines is 1. The normalized spacial score (nSPS) is 11.9. The van der Waals surface area contributed by atoms with E-state index in [1.165, 1.54) is 0 Å². The minimum atomic E-state index is -0.521. The zero-order chi connectivity index (χ0) is 18.9. The fourth-order valence-corrected chi connectivity index (χ4v) is 2.27. The molecule has 1 atom stereocenters. The molecule has 1 amide bonds. The van der Waals surface area contributed by atoms with Crippen LogP contribution in [0.25, 0.3) is 0 Å². The second-order valence-corrected chi connectivity index (χ2v) is 6.39. The molecular weight excluding hydrogens is 332 g/mol. The Labute approximate surface area is 154 Å². The van der Waals surface area contributed by atoms with Crippen molar-refractivity contribution in [2.24, 2.45) is 0 Å². The molecule has 0 aliphatic rings. The van der Waals surface area contributed by atoms with E-state index in [4.69, 9.17) is 9.47 Å². The van der Waals surface area contributed by atoms with Gasteiger partial charge in [-0.3, -0.25) is 4.79 Å². The summed E-state index contributed by atoms with van der Waals surface area (Å²) < 4.78 is 10.7. The van der Waals surface area contributed by atoms with Crippen LogP contribution < -0.4 is 20.1 Å². The lowest BCUT2D eigenvalue weighted by Crippen LogP contribution is -2.90. The van der Waals surface area contributed by atoms with Gasteiger partial charge in [-0.05, 0) is 62.4 Å². The Balaban J connectivity index is 1.83. The van der Waals surface area contributed by atoms with Gasteiger partial charge in [0.1, 0.15) is 30.8 Å². The number of nitrogens with two attached hydrogens (primary N) is 1. The summed E-state index contributed by atoms with van der Waals surface area (Å²) in [5.41, 5.74) is 1.22. The number of aliphatic hydroxyl groups excluding tert-OH is 1. The van der Waals surface area contributed by atoms with Crippen molar-refractivity contribution in [2.75, 3.05) is 25.6 Å². The Bertz CT molecular complexity index is 684. The molecule has 0 heterocycles. The number of amides is 1. The molecule has 26 heavy (non-hydrogen) atoms. The van der Waals surface area contributed by atoms with E-state index < -0.39 is 6.10 Å². The summed E-state index contributed by atoms with van der Waals surface area (Å²) in [6, 6.07) is 14.4. The van der Waals surface area contributed by atoms with Gasteiger partial charge in [0.15, 0.2) is 0 Å². The van der Waals surface area contributed by atoms with Crippen LogP contribution in [0.5, 0.6) is 11.5 Å². The lowest BCUT2D eigenvalue weighted by Gasteiger charge is -2.13. The Morgan fingerprint density at radius 3 is 2.27 bits per heavy atom. The predicted molar refractivity (Wildman–Crippen MR) is 101 cm³/mol. The fourth-order valence-electron chi connectivity index (χ4n) is 2.27. The second-order valence-electron chi connectivity index (χ2n) is 6.39. The van der Waals surface area contributed by atoms with E-state index >= 15 is 0 Å². The van der Waals surface area contributed by atoms with Gasteiger partial charge in [-0.25, -0.2) is 0 Å². The first-order valence-electron chi connectivity index (χ1n) is 8.67. The van der Waals surface area contributed by atoms with Gasteiger partial charge in [0, 0.05) is 11.3 Å². The third kappa shape index (κ3) is 6.38. The average molecular weight is 359 g/mol. The highest BCUT2D eigenvalue weighted by atomic mass is 16.5. The Kier molecular flexibility index (Phi) is 7.44. The molecule has 140 valence electrons. The molecule has 2 rings (SSSR count). The predicted octanol–water partition coefficient (Wildman–Crippen LogP) is 1.66. The SMILES string of the molecule is COc1ccc(C(=O)Nc2ccc(OC[C@@H](O)C[NH2+]C(C)C)cc2)cc1. The van der Waals surface area contributed by atoms with E-state index in [1.807, 2.05) is 0 Å². The van der Waals surface area contributed by atoms with Crippen LogP contribution in [0.1, 0.15) is 24.2 Å². The van der Waals surface area contributed by atoms with Crippen LogP contribution in [0.3, 0.4) is 0 Å². The van der Waals surface area contributed by atoms with Crippen LogP contribution in [0.15, 0.2) is 48.5 Å². The molecule has 0 saturated carbocycles. The van der Waals surface area contributed by atoms with E-state index in [0.29, 0.717) is 35.3 Å². The number of ether oxygens (including phenoxy) is 2. The van der Waals surface area contributed by atoms with Crippen LogP contribution in [-0.4, -0.2) is 43.4 Å². The monoisotopic (exact) mass is 359 g/mol. The number of carbonyl (C=O) groups is 1. The number of nitrogens with one attached hydrogen (secondary N) is 1. The van der Waals surface area contributed by atoms with Crippen LogP contribution in [0.4, 0.5) is 5.69 Å².